The van der Waals surface area contributed by atoms with Crippen molar-refractivity contribution in [2.45, 2.75) is 50.8 Å². The van der Waals surface area contributed by atoms with E-state index in [0.717, 1.165) is 18.5 Å². The molecule has 0 saturated carbocycles. The molecule has 1 aromatic heterocycles. The normalized spacial score (nSPS) is 12.8. The molecular formula is C18H27N3O2S. The summed E-state index contributed by atoms with van der Waals surface area (Å²) in [6.07, 6.45) is 3.43. The fraction of sp³-hybridized carbons (Fsp3) is 0.500. The van der Waals surface area contributed by atoms with E-state index in [0.29, 0.717) is 12.2 Å². The predicted molar refractivity (Wildman–Crippen MR) is 97.0 cm³/mol. The minimum absolute atomic E-state index is 0.289. The summed E-state index contributed by atoms with van der Waals surface area (Å²) in [5.41, 5.74) is 1.07. The van der Waals surface area contributed by atoms with E-state index in [1.54, 1.807) is 17.9 Å². The fourth-order valence-electron chi connectivity index (χ4n) is 2.45. The first-order valence-corrected chi connectivity index (χ1v) is 9.74. The standard InChI is InChI=1S/C18H27N3O2S/c1-6-7-13-20(5)24(22,23)16-14-21(15-11-9-8-10-12-15)19-17(16)18(2,3)4/h8-12,14H,6-7,13H2,1-5H3. The largest absolute Gasteiger partial charge is 0.246 e. The molecule has 0 atom stereocenters. The Labute approximate surface area is 145 Å². The number of unbranched alkanes of at least 4 members (excludes halogenated alkanes) is 1. The molecule has 24 heavy (non-hydrogen) atoms. The third-order valence-electron chi connectivity index (χ3n) is 3.93. The van der Waals surface area contributed by atoms with Gasteiger partial charge in [-0.25, -0.2) is 17.4 Å². The number of para-hydroxylation sites is 1. The maximum atomic E-state index is 13.0. The van der Waals surface area contributed by atoms with Crippen molar-refractivity contribution in [1.29, 1.82) is 0 Å². The second-order valence-corrected chi connectivity index (χ2v) is 9.07. The number of nitrogens with zero attached hydrogens (tertiary/aromatic N) is 3. The van der Waals surface area contributed by atoms with E-state index < -0.39 is 10.0 Å². The fourth-order valence-corrected chi connectivity index (χ4v) is 3.98. The Balaban J connectivity index is 2.54. The summed E-state index contributed by atoms with van der Waals surface area (Å²) in [4.78, 5) is 0.289. The van der Waals surface area contributed by atoms with Gasteiger partial charge >= 0.3 is 0 Å². The number of hydrogen-bond donors (Lipinski definition) is 0. The van der Waals surface area contributed by atoms with Crippen LogP contribution in [0.25, 0.3) is 5.69 Å². The van der Waals surface area contributed by atoms with Crippen molar-refractivity contribution >= 4 is 10.0 Å². The van der Waals surface area contributed by atoms with Gasteiger partial charge < -0.3 is 0 Å². The van der Waals surface area contributed by atoms with Crippen molar-refractivity contribution in [3.63, 3.8) is 0 Å². The molecule has 2 rings (SSSR count). The van der Waals surface area contributed by atoms with E-state index in [-0.39, 0.29) is 10.3 Å². The van der Waals surface area contributed by atoms with Crippen molar-refractivity contribution in [2.24, 2.45) is 0 Å². The molecule has 132 valence electrons. The van der Waals surface area contributed by atoms with Crippen LogP contribution in [0.2, 0.25) is 0 Å². The zero-order valence-corrected chi connectivity index (χ0v) is 16.0. The Bertz CT molecular complexity index is 774. The summed E-state index contributed by atoms with van der Waals surface area (Å²) >= 11 is 0. The zero-order chi connectivity index (χ0) is 18.0. The summed E-state index contributed by atoms with van der Waals surface area (Å²) in [6.45, 7) is 8.51. The summed E-state index contributed by atoms with van der Waals surface area (Å²) < 4.78 is 29.1. The van der Waals surface area contributed by atoms with Crippen LogP contribution in [-0.4, -0.2) is 36.1 Å². The van der Waals surface area contributed by atoms with Crippen LogP contribution in [0.5, 0.6) is 0 Å². The maximum Gasteiger partial charge on any atom is 0.246 e. The predicted octanol–water partition coefficient (Wildman–Crippen LogP) is 3.59. The van der Waals surface area contributed by atoms with Gasteiger partial charge in [0.15, 0.2) is 0 Å². The third kappa shape index (κ3) is 3.87. The van der Waals surface area contributed by atoms with Crippen LogP contribution in [0.4, 0.5) is 0 Å². The number of aromatic nitrogens is 2. The van der Waals surface area contributed by atoms with Gasteiger partial charge in [-0.1, -0.05) is 52.3 Å². The maximum absolute atomic E-state index is 13.0. The third-order valence-corrected chi connectivity index (χ3v) is 5.78. The van der Waals surface area contributed by atoms with Crippen molar-refractivity contribution in [3.8, 4) is 5.69 Å². The highest BCUT2D eigenvalue weighted by Crippen LogP contribution is 2.30. The molecule has 0 aliphatic carbocycles. The molecule has 0 saturated heterocycles. The summed E-state index contributed by atoms with van der Waals surface area (Å²) in [7, 11) is -1.93. The second-order valence-electron chi connectivity index (χ2n) is 7.05. The van der Waals surface area contributed by atoms with Gasteiger partial charge in [-0.05, 0) is 18.6 Å². The number of rotatable bonds is 6. The van der Waals surface area contributed by atoms with Gasteiger partial charge in [-0.3, -0.25) is 0 Å². The first kappa shape index (κ1) is 18.7. The summed E-state index contributed by atoms with van der Waals surface area (Å²) in [5, 5.41) is 4.59. The van der Waals surface area contributed by atoms with Crippen LogP contribution in [0, 0.1) is 0 Å². The van der Waals surface area contributed by atoms with Crippen molar-refractivity contribution in [1.82, 2.24) is 14.1 Å². The average Bonchev–Trinajstić information content (AvgIpc) is 2.99. The van der Waals surface area contributed by atoms with Crippen LogP contribution in [-0.2, 0) is 15.4 Å². The quantitative estimate of drug-likeness (QED) is 0.801. The van der Waals surface area contributed by atoms with Gasteiger partial charge in [-0.15, -0.1) is 0 Å². The average molecular weight is 350 g/mol. The van der Waals surface area contributed by atoms with E-state index >= 15 is 0 Å². The van der Waals surface area contributed by atoms with E-state index in [9.17, 15) is 8.42 Å². The topological polar surface area (TPSA) is 55.2 Å². The molecule has 0 spiro atoms. The lowest BCUT2D eigenvalue weighted by Gasteiger charge is -2.21. The Hall–Kier alpha value is -1.66. The molecule has 0 aliphatic heterocycles. The summed E-state index contributed by atoms with van der Waals surface area (Å²) in [5.74, 6) is 0. The highest BCUT2D eigenvalue weighted by molar-refractivity contribution is 7.89. The van der Waals surface area contributed by atoms with Crippen LogP contribution >= 0.6 is 0 Å². The SMILES string of the molecule is CCCCN(C)S(=O)(=O)c1cn(-c2ccccc2)nc1C(C)(C)C. The molecule has 1 aromatic carbocycles. The molecule has 2 aromatic rings. The number of sulfonamides is 1. The van der Waals surface area contributed by atoms with Crippen molar-refractivity contribution in [3.05, 3.63) is 42.2 Å². The molecule has 0 aliphatic rings. The van der Waals surface area contributed by atoms with E-state index in [2.05, 4.69) is 12.0 Å². The first-order chi connectivity index (χ1) is 11.2. The minimum atomic E-state index is -3.56. The molecule has 0 unspecified atom stereocenters. The van der Waals surface area contributed by atoms with E-state index in [1.165, 1.54) is 4.31 Å². The monoisotopic (exact) mass is 349 g/mol. The second kappa shape index (κ2) is 7.07. The molecule has 1 heterocycles. The van der Waals surface area contributed by atoms with Gasteiger partial charge in [0.1, 0.15) is 4.90 Å². The minimum Gasteiger partial charge on any atom is -0.239 e. The van der Waals surface area contributed by atoms with Gasteiger partial charge in [-0.2, -0.15) is 5.10 Å². The van der Waals surface area contributed by atoms with Crippen LogP contribution in [0.1, 0.15) is 46.2 Å². The molecule has 0 N–H and O–H groups in total. The van der Waals surface area contributed by atoms with E-state index in [4.69, 9.17) is 0 Å². The molecule has 0 amide bonds. The number of benzene rings is 1. The van der Waals surface area contributed by atoms with Crippen LogP contribution < -0.4 is 0 Å². The smallest absolute Gasteiger partial charge is 0.239 e. The highest BCUT2D eigenvalue weighted by Gasteiger charge is 2.32. The molecular weight excluding hydrogens is 322 g/mol. The molecule has 0 bridgehead atoms. The molecule has 0 fully saturated rings. The highest BCUT2D eigenvalue weighted by atomic mass is 32.2. The van der Waals surface area contributed by atoms with Gasteiger partial charge in [0, 0.05) is 19.0 Å². The van der Waals surface area contributed by atoms with Crippen molar-refractivity contribution in [2.75, 3.05) is 13.6 Å². The lowest BCUT2D eigenvalue weighted by molar-refractivity contribution is 0.455. The van der Waals surface area contributed by atoms with E-state index in [1.807, 2.05) is 51.1 Å². The molecule has 0 radical (unpaired) electrons. The van der Waals surface area contributed by atoms with Crippen molar-refractivity contribution < 1.29 is 8.42 Å². The molecule has 5 nitrogen and oxygen atoms in total. The first-order valence-electron chi connectivity index (χ1n) is 8.30. The van der Waals surface area contributed by atoms with Gasteiger partial charge in [0.05, 0.1) is 17.6 Å². The Kier molecular flexibility index (Phi) is 5.50. The Morgan fingerprint density at radius 2 is 1.79 bits per heavy atom. The molecule has 6 heteroatoms. The summed E-state index contributed by atoms with van der Waals surface area (Å²) in [6, 6.07) is 9.58. The van der Waals surface area contributed by atoms with Gasteiger partial charge in [0.2, 0.25) is 10.0 Å². The van der Waals surface area contributed by atoms with Crippen LogP contribution in [0.3, 0.4) is 0 Å². The Morgan fingerprint density at radius 3 is 2.33 bits per heavy atom. The lowest BCUT2D eigenvalue weighted by atomic mass is 9.92. The lowest BCUT2D eigenvalue weighted by Crippen LogP contribution is -2.29. The van der Waals surface area contributed by atoms with Crippen LogP contribution in [0.15, 0.2) is 41.4 Å². The Morgan fingerprint density at radius 1 is 1.17 bits per heavy atom. The zero-order valence-electron chi connectivity index (χ0n) is 15.2. The van der Waals surface area contributed by atoms with Gasteiger partial charge in [0.25, 0.3) is 0 Å². The number of hydrogen-bond acceptors (Lipinski definition) is 3.